The molecule has 1 fully saturated rings. The number of methoxy groups -OCH3 is 1. The van der Waals surface area contributed by atoms with E-state index < -0.39 is 5.60 Å². The number of nitro benzene ring substituents is 1. The molecule has 268 valence electrons. The van der Waals surface area contributed by atoms with E-state index in [2.05, 4.69) is 43.8 Å². The maximum absolute atomic E-state index is 12.3. The normalized spacial score (nSPS) is 13.9. The van der Waals surface area contributed by atoms with Gasteiger partial charge in [-0.3, -0.25) is 15.0 Å². The highest BCUT2D eigenvalue weighted by Gasteiger charge is 2.26. The maximum Gasteiger partial charge on any atom is 0.410 e. The van der Waals surface area contributed by atoms with Crippen molar-refractivity contribution in [3.63, 3.8) is 0 Å². The van der Waals surface area contributed by atoms with Gasteiger partial charge in [0.05, 0.1) is 23.4 Å². The van der Waals surface area contributed by atoms with Gasteiger partial charge in [0.2, 0.25) is 5.95 Å². The fourth-order valence-electron chi connectivity index (χ4n) is 6.11. The number of nitrogens with zero attached hydrogens (tertiary/aromatic N) is 8. The number of hydrogen-bond donors (Lipinski definition) is 1. The van der Waals surface area contributed by atoms with E-state index >= 15 is 0 Å². The number of nitro groups is 1. The van der Waals surface area contributed by atoms with E-state index in [1.165, 1.54) is 13.2 Å². The van der Waals surface area contributed by atoms with Gasteiger partial charge in [-0.05, 0) is 59.5 Å². The van der Waals surface area contributed by atoms with Gasteiger partial charge in [-0.25, -0.2) is 14.8 Å². The second-order valence-corrected chi connectivity index (χ2v) is 13.7. The fourth-order valence-corrected chi connectivity index (χ4v) is 6.11. The molecule has 0 radical (unpaired) electrons. The second-order valence-electron chi connectivity index (χ2n) is 13.7. The summed E-state index contributed by atoms with van der Waals surface area (Å²) in [4.78, 5) is 41.6. The molecule has 3 heterocycles. The monoisotopic (exact) mass is 687 g/mol. The van der Waals surface area contributed by atoms with Crippen LogP contribution in [0.1, 0.15) is 27.2 Å². The number of anilines is 3. The molecule has 5 rings (SSSR count). The third-order valence-corrected chi connectivity index (χ3v) is 8.83. The van der Waals surface area contributed by atoms with Crippen molar-refractivity contribution in [3.05, 3.63) is 65.0 Å². The maximum atomic E-state index is 12.3. The molecular weight excluding hydrogens is 638 g/mol. The van der Waals surface area contributed by atoms with Crippen LogP contribution in [0.2, 0.25) is 0 Å². The van der Waals surface area contributed by atoms with Crippen LogP contribution in [0.15, 0.2) is 54.9 Å². The summed E-state index contributed by atoms with van der Waals surface area (Å²) >= 11 is 0. The largest absolute Gasteiger partial charge is 0.494 e. The lowest BCUT2D eigenvalue weighted by atomic mass is 10.1. The lowest BCUT2D eigenvalue weighted by molar-refractivity contribution is -0.384. The molecular formula is C36H49N9O5. The Hall–Kier alpha value is -4.95. The third-order valence-electron chi connectivity index (χ3n) is 8.83. The van der Waals surface area contributed by atoms with Gasteiger partial charge in [-0.15, -0.1) is 0 Å². The molecule has 0 spiro atoms. The molecule has 1 saturated heterocycles. The predicted molar refractivity (Wildman–Crippen MR) is 197 cm³/mol. The summed E-state index contributed by atoms with van der Waals surface area (Å²) in [6.07, 6.45) is 4.42. The molecule has 0 atom stereocenters. The van der Waals surface area contributed by atoms with E-state index in [4.69, 9.17) is 14.5 Å². The van der Waals surface area contributed by atoms with E-state index in [1.54, 1.807) is 17.2 Å². The fraction of sp³-hybridized carbons (Fsp3) is 0.472. The molecule has 2 aromatic carbocycles. The Balaban J connectivity index is 1.17. The van der Waals surface area contributed by atoms with Gasteiger partial charge in [0, 0.05) is 94.4 Å². The highest BCUT2D eigenvalue weighted by Crippen LogP contribution is 2.39. The third kappa shape index (κ3) is 8.98. The van der Waals surface area contributed by atoms with Crippen LogP contribution in [0.4, 0.5) is 27.8 Å². The summed E-state index contributed by atoms with van der Waals surface area (Å²) in [5.41, 5.74) is 3.10. The smallest absolute Gasteiger partial charge is 0.410 e. The van der Waals surface area contributed by atoms with Crippen LogP contribution < -0.4 is 15.0 Å². The summed E-state index contributed by atoms with van der Waals surface area (Å²) in [6, 6.07) is 13.1. The first-order valence-corrected chi connectivity index (χ1v) is 16.9. The van der Waals surface area contributed by atoms with Crippen molar-refractivity contribution >= 4 is 40.0 Å². The number of carbonyl (C=O) groups is 1. The number of amides is 1. The average molecular weight is 688 g/mol. The molecule has 1 aliphatic rings. The number of likely N-dealkylation sites (N-methyl/N-ethyl adjacent to an activating group) is 2. The standard InChI is InChI=1S/C36H49N9O5/c1-36(2,3)50-35(46)44-21-19-43(20-22-44)16-10-15-40(4)17-18-41(5)31-24-33(49-7)29(23-32(31)45(47)48)39-34-37-14-13-28(38-34)27-25-42(6)30-12-9-8-11-26(27)30/h8-9,11-14,23-25H,10,15-22H2,1-7H3,(H,37,38,39). The molecule has 0 unspecified atom stereocenters. The van der Waals surface area contributed by atoms with Crippen LogP contribution in [-0.2, 0) is 11.8 Å². The van der Waals surface area contributed by atoms with Gasteiger partial charge in [-0.2, -0.15) is 0 Å². The molecule has 4 aromatic rings. The molecule has 1 aliphatic heterocycles. The molecule has 14 nitrogen and oxygen atoms in total. The number of benzene rings is 2. The molecule has 50 heavy (non-hydrogen) atoms. The Kier molecular flexibility index (Phi) is 11.4. The van der Waals surface area contributed by atoms with Crippen LogP contribution in [0.5, 0.6) is 5.75 Å². The summed E-state index contributed by atoms with van der Waals surface area (Å²) in [6.45, 7) is 11.7. The Morgan fingerprint density at radius 2 is 1.80 bits per heavy atom. The number of aryl methyl sites for hydroxylation is 1. The minimum Gasteiger partial charge on any atom is -0.494 e. The number of carbonyl (C=O) groups excluding carboxylic acids is 1. The first kappa shape index (κ1) is 36.3. The van der Waals surface area contributed by atoms with Crippen molar-refractivity contribution in [2.75, 3.05) is 83.8 Å². The minimum atomic E-state index is -0.493. The van der Waals surface area contributed by atoms with Gasteiger partial charge >= 0.3 is 6.09 Å². The average Bonchev–Trinajstić information content (AvgIpc) is 3.42. The Morgan fingerprint density at radius 1 is 1.06 bits per heavy atom. The molecule has 0 saturated carbocycles. The number of aromatic nitrogens is 3. The highest BCUT2D eigenvalue weighted by atomic mass is 16.6. The first-order chi connectivity index (χ1) is 23.8. The number of piperazine rings is 1. The van der Waals surface area contributed by atoms with Crippen molar-refractivity contribution in [2.24, 2.45) is 7.05 Å². The Bertz CT molecular complexity index is 1800. The minimum absolute atomic E-state index is 0.0471. The molecule has 0 bridgehead atoms. The number of fused-ring (bicyclic) bond motifs is 1. The predicted octanol–water partition coefficient (Wildman–Crippen LogP) is 5.61. The van der Waals surface area contributed by atoms with Crippen molar-refractivity contribution in [2.45, 2.75) is 32.8 Å². The van der Waals surface area contributed by atoms with Gasteiger partial charge in [0.15, 0.2) is 0 Å². The lowest BCUT2D eigenvalue weighted by Crippen LogP contribution is -2.50. The van der Waals surface area contributed by atoms with Crippen LogP contribution in [-0.4, -0.2) is 119 Å². The number of hydrogen-bond acceptors (Lipinski definition) is 11. The van der Waals surface area contributed by atoms with E-state index in [0.29, 0.717) is 42.7 Å². The number of ether oxygens (including phenoxy) is 2. The van der Waals surface area contributed by atoms with E-state index in [9.17, 15) is 14.9 Å². The zero-order chi connectivity index (χ0) is 36.0. The van der Waals surface area contributed by atoms with Crippen LogP contribution >= 0.6 is 0 Å². The number of nitrogens with one attached hydrogen (secondary N) is 1. The summed E-state index contributed by atoms with van der Waals surface area (Å²) in [5.74, 6) is 0.743. The molecule has 14 heteroatoms. The number of para-hydroxylation sites is 1. The van der Waals surface area contributed by atoms with Gasteiger partial charge < -0.3 is 34.1 Å². The molecule has 0 aliphatic carbocycles. The van der Waals surface area contributed by atoms with Crippen LogP contribution in [0, 0.1) is 10.1 Å². The van der Waals surface area contributed by atoms with Gasteiger partial charge in [0.25, 0.3) is 5.69 Å². The van der Waals surface area contributed by atoms with Crippen molar-refractivity contribution in [1.29, 1.82) is 0 Å². The Morgan fingerprint density at radius 3 is 2.50 bits per heavy atom. The topological polar surface area (TPSA) is 134 Å². The SMILES string of the molecule is COc1cc(N(C)CCN(C)CCCN2CCN(C(=O)OC(C)(C)C)CC2)c([N+](=O)[O-])cc1Nc1nccc(-c2cn(C)c3ccccc23)n1. The number of rotatable bonds is 13. The van der Waals surface area contributed by atoms with Crippen LogP contribution in [0.25, 0.3) is 22.2 Å². The highest BCUT2D eigenvalue weighted by molar-refractivity contribution is 5.95. The molecule has 1 N–H and O–H groups in total. The second kappa shape index (κ2) is 15.7. The van der Waals surface area contributed by atoms with Crippen molar-refractivity contribution in [1.82, 2.24) is 29.2 Å². The summed E-state index contributed by atoms with van der Waals surface area (Å²) in [5, 5.41) is 16.5. The van der Waals surface area contributed by atoms with E-state index in [-0.39, 0.29) is 16.7 Å². The zero-order valence-corrected chi connectivity index (χ0v) is 30.2. The van der Waals surface area contributed by atoms with Crippen molar-refractivity contribution < 1.29 is 19.2 Å². The first-order valence-electron chi connectivity index (χ1n) is 16.9. The van der Waals surface area contributed by atoms with E-state index in [1.807, 2.05) is 64.2 Å². The van der Waals surface area contributed by atoms with Gasteiger partial charge in [0.1, 0.15) is 17.0 Å². The Labute approximate surface area is 293 Å². The molecule has 2 aromatic heterocycles. The quantitative estimate of drug-likeness (QED) is 0.139. The lowest BCUT2D eigenvalue weighted by Gasteiger charge is -2.35. The van der Waals surface area contributed by atoms with Gasteiger partial charge in [-0.1, -0.05) is 18.2 Å². The van der Waals surface area contributed by atoms with Crippen molar-refractivity contribution in [3.8, 4) is 17.0 Å². The molecule has 1 amide bonds. The van der Waals surface area contributed by atoms with Crippen LogP contribution in [0.3, 0.4) is 0 Å². The summed E-state index contributed by atoms with van der Waals surface area (Å²) < 4.78 is 13.2. The zero-order valence-electron chi connectivity index (χ0n) is 30.2. The summed E-state index contributed by atoms with van der Waals surface area (Å²) in [7, 11) is 7.44. The van der Waals surface area contributed by atoms with E-state index in [0.717, 1.165) is 61.3 Å².